The van der Waals surface area contributed by atoms with Gasteiger partial charge in [-0.2, -0.15) is 0 Å². The Kier molecular flexibility index (Phi) is 3.38. The van der Waals surface area contributed by atoms with Gasteiger partial charge in [0.1, 0.15) is 5.75 Å². The van der Waals surface area contributed by atoms with E-state index in [0.717, 1.165) is 33.4 Å². The average Bonchev–Trinajstić information content (AvgIpc) is 2.15. The smallest absolute Gasteiger partial charge is 0.123 e. The van der Waals surface area contributed by atoms with Crippen LogP contribution >= 0.6 is 0 Å². The van der Waals surface area contributed by atoms with Crippen molar-refractivity contribution in [3.63, 3.8) is 0 Å². The van der Waals surface area contributed by atoms with Crippen LogP contribution in [0.2, 0.25) is 0 Å². The molecule has 0 saturated heterocycles. The summed E-state index contributed by atoms with van der Waals surface area (Å²) < 4.78 is 0. The lowest BCUT2D eigenvalue weighted by Crippen LogP contribution is -1.92. The molecule has 1 rings (SSSR count). The number of hydrogen-bond donors (Lipinski definition) is 1. The van der Waals surface area contributed by atoms with Gasteiger partial charge in [-0.05, 0) is 49.6 Å². The maximum Gasteiger partial charge on any atom is 0.123 e. The summed E-state index contributed by atoms with van der Waals surface area (Å²) in [6.45, 7) is 17.4. The summed E-state index contributed by atoms with van der Waals surface area (Å²) in [5, 5.41) is 9.89. The van der Waals surface area contributed by atoms with Crippen molar-refractivity contribution in [2.24, 2.45) is 0 Å². The van der Waals surface area contributed by atoms with Crippen molar-refractivity contribution < 1.29 is 5.11 Å². The van der Waals surface area contributed by atoms with E-state index >= 15 is 0 Å². The molecular formula is C15H18O. The van der Waals surface area contributed by atoms with Crippen molar-refractivity contribution in [1.29, 1.82) is 0 Å². The number of allylic oxidation sites excluding steroid dienone is 3. The number of aromatic hydroxyl groups is 1. The lowest BCUT2D eigenvalue weighted by atomic mass is 9.93. The minimum Gasteiger partial charge on any atom is -0.507 e. The topological polar surface area (TPSA) is 20.2 Å². The Bertz CT molecular complexity index is 478. The first-order chi connectivity index (χ1) is 7.34. The standard InChI is InChI=1S/C15H18O/c1-9(2)12-7-14(11(5)6)15(16)8-13(12)10(3)4/h7-8,16H,1,3,5H2,2,4,6H3. The van der Waals surface area contributed by atoms with Gasteiger partial charge in [0.15, 0.2) is 0 Å². The molecule has 84 valence electrons. The molecular weight excluding hydrogens is 196 g/mol. The summed E-state index contributed by atoms with van der Waals surface area (Å²) in [6.07, 6.45) is 0. The first-order valence-corrected chi connectivity index (χ1v) is 5.19. The molecule has 0 aliphatic heterocycles. The molecule has 1 N–H and O–H groups in total. The van der Waals surface area contributed by atoms with Crippen LogP contribution in [0.4, 0.5) is 0 Å². The highest BCUT2D eigenvalue weighted by atomic mass is 16.3. The summed E-state index contributed by atoms with van der Waals surface area (Å²) in [5.74, 6) is 0.246. The van der Waals surface area contributed by atoms with Crippen LogP contribution in [-0.2, 0) is 0 Å². The van der Waals surface area contributed by atoms with Gasteiger partial charge in [0, 0.05) is 5.56 Å². The molecule has 0 bridgehead atoms. The van der Waals surface area contributed by atoms with Crippen LogP contribution in [0.3, 0.4) is 0 Å². The van der Waals surface area contributed by atoms with Crippen LogP contribution in [0, 0.1) is 0 Å². The van der Waals surface area contributed by atoms with Crippen LogP contribution in [0.5, 0.6) is 5.75 Å². The molecule has 0 heterocycles. The average molecular weight is 214 g/mol. The Labute approximate surface area is 97.4 Å². The monoisotopic (exact) mass is 214 g/mol. The second-order valence-corrected chi connectivity index (χ2v) is 4.26. The van der Waals surface area contributed by atoms with E-state index in [0.29, 0.717) is 0 Å². The van der Waals surface area contributed by atoms with E-state index in [4.69, 9.17) is 0 Å². The first kappa shape index (κ1) is 12.3. The minimum atomic E-state index is 0.246. The zero-order valence-corrected chi connectivity index (χ0v) is 10.2. The highest BCUT2D eigenvalue weighted by Gasteiger charge is 2.10. The summed E-state index contributed by atoms with van der Waals surface area (Å²) in [5.41, 5.74) is 5.44. The van der Waals surface area contributed by atoms with E-state index in [-0.39, 0.29) is 5.75 Å². The molecule has 1 aromatic rings. The molecule has 0 atom stereocenters. The van der Waals surface area contributed by atoms with Gasteiger partial charge in [-0.1, -0.05) is 30.9 Å². The molecule has 1 nitrogen and oxygen atoms in total. The van der Waals surface area contributed by atoms with Gasteiger partial charge in [-0.15, -0.1) is 0 Å². The fraction of sp³-hybridized carbons (Fsp3) is 0.200. The van der Waals surface area contributed by atoms with E-state index in [1.54, 1.807) is 6.07 Å². The molecule has 16 heavy (non-hydrogen) atoms. The van der Waals surface area contributed by atoms with Gasteiger partial charge in [-0.25, -0.2) is 0 Å². The second-order valence-electron chi connectivity index (χ2n) is 4.26. The molecule has 0 spiro atoms. The van der Waals surface area contributed by atoms with Crippen LogP contribution in [0.25, 0.3) is 16.7 Å². The molecule has 1 aromatic carbocycles. The third-order valence-electron chi connectivity index (χ3n) is 2.52. The number of hydrogen-bond acceptors (Lipinski definition) is 1. The zero-order valence-electron chi connectivity index (χ0n) is 10.2. The zero-order chi connectivity index (χ0) is 12.5. The van der Waals surface area contributed by atoms with Gasteiger partial charge < -0.3 is 5.11 Å². The largest absolute Gasteiger partial charge is 0.507 e. The first-order valence-electron chi connectivity index (χ1n) is 5.19. The number of phenolic OH excluding ortho intramolecular Hbond substituents is 1. The summed E-state index contributed by atoms with van der Waals surface area (Å²) in [6, 6.07) is 3.65. The Balaban J connectivity index is 3.55. The number of phenols is 1. The van der Waals surface area contributed by atoms with Gasteiger partial charge in [-0.3, -0.25) is 0 Å². The van der Waals surface area contributed by atoms with E-state index in [1.165, 1.54) is 0 Å². The van der Waals surface area contributed by atoms with Crippen LogP contribution in [0.1, 0.15) is 37.5 Å². The lowest BCUT2D eigenvalue weighted by Gasteiger charge is -2.13. The molecule has 0 amide bonds. The van der Waals surface area contributed by atoms with Gasteiger partial charge in [0.25, 0.3) is 0 Å². The summed E-state index contributed by atoms with van der Waals surface area (Å²) in [7, 11) is 0. The highest BCUT2D eigenvalue weighted by Crippen LogP contribution is 2.33. The van der Waals surface area contributed by atoms with E-state index in [9.17, 15) is 5.11 Å². The van der Waals surface area contributed by atoms with Gasteiger partial charge >= 0.3 is 0 Å². The van der Waals surface area contributed by atoms with Crippen molar-refractivity contribution >= 4 is 16.7 Å². The number of benzene rings is 1. The van der Waals surface area contributed by atoms with Crippen molar-refractivity contribution in [1.82, 2.24) is 0 Å². The minimum absolute atomic E-state index is 0.246. The second kappa shape index (κ2) is 4.40. The van der Waals surface area contributed by atoms with Crippen LogP contribution < -0.4 is 0 Å². The Morgan fingerprint density at radius 3 is 1.56 bits per heavy atom. The van der Waals surface area contributed by atoms with Crippen LogP contribution in [0.15, 0.2) is 31.9 Å². The predicted octanol–water partition coefficient (Wildman–Crippen LogP) is 4.49. The molecule has 0 fully saturated rings. The number of rotatable bonds is 3. The predicted molar refractivity (Wildman–Crippen MR) is 72.2 cm³/mol. The molecule has 1 heteroatoms. The van der Waals surface area contributed by atoms with Crippen molar-refractivity contribution in [2.45, 2.75) is 20.8 Å². The van der Waals surface area contributed by atoms with E-state index in [2.05, 4.69) is 19.7 Å². The maximum absolute atomic E-state index is 9.89. The molecule has 0 aliphatic rings. The Morgan fingerprint density at radius 2 is 1.19 bits per heavy atom. The van der Waals surface area contributed by atoms with Gasteiger partial charge in [0.05, 0.1) is 0 Å². The van der Waals surface area contributed by atoms with Gasteiger partial charge in [0.2, 0.25) is 0 Å². The fourth-order valence-electron chi connectivity index (χ4n) is 1.64. The third kappa shape index (κ3) is 2.25. The molecule has 0 unspecified atom stereocenters. The molecule has 0 aliphatic carbocycles. The Hall–Kier alpha value is -1.76. The highest BCUT2D eigenvalue weighted by molar-refractivity contribution is 5.81. The van der Waals surface area contributed by atoms with Crippen molar-refractivity contribution in [3.8, 4) is 5.75 Å². The van der Waals surface area contributed by atoms with E-state index < -0.39 is 0 Å². The summed E-state index contributed by atoms with van der Waals surface area (Å²) in [4.78, 5) is 0. The van der Waals surface area contributed by atoms with Crippen LogP contribution in [-0.4, -0.2) is 5.11 Å². The van der Waals surface area contributed by atoms with Crippen molar-refractivity contribution in [3.05, 3.63) is 48.6 Å². The maximum atomic E-state index is 9.89. The summed E-state index contributed by atoms with van der Waals surface area (Å²) >= 11 is 0. The third-order valence-corrected chi connectivity index (χ3v) is 2.52. The van der Waals surface area contributed by atoms with Crippen molar-refractivity contribution in [2.75, 3.05) is 0 Å². The normalized spacial score (nSPS) is 9.94. The molecule has 0 aromatic heterocycles. The lowest BCUT2D eigenvalue weighted by molar-refractivity contribution is 0.473. The molecule has 0 saturated carbocycles. The fourth-order valence-corrected chi connectivity index (χ4v) is 1.64. The SMILES string of the molecule is C=C(C)c1cc(C(=C)C)c(C(=C)C)cc1O. The molecule has 0 radical (unpaired) electrons. The Morgan fingerprint density at radius 1 is 0.812 bits per heavy atom. The van der Waals surface area contributed by atoms with E-state index in [1.807, 2.05) is 26.8 Å². The quantitative estimate of drug-likeness (QED) is 0.785.